The lowest BCUT2D eigenvalue weighted by molar-refractivity contribution is -0.118. The molecule has 1 amide bonds. The van der Waals surface area contributed by atoms with Crippen LogP contribution in [0.15, 0.2) is 49.1 Å². The number of rotatable bonds is 4. The van der Waals surface area contributed by atoms with E-state index in [0.29, 0.717) is 25.1 Å². The Kier molecular flexibility index (Phi) is 4.03. The molecular formula is C16H17FN2O. The fraction of sp³-hybridized carbons (Fsp3) is 0.188. The van der Waals surface area contributed by atoms with Crippen molar-refractivity contribution in [3.63, 3.8) is 0 Å². The second kappa shape index (κ2) is 5.74. The smallest absolute Gasteiger partial charge is 0.227 e. The summed E-state index contributed by atoms with van der Waals surface area (Å²) in [6, 6.07) is 2.93. The lowest BCUT2D eigenvalue weighted by atomic mass is 9.99. The molecule has 0 saturated heterocycles. The third kappa shape index (κ3) is 2.79. The molecular weight excluding hydrogens is 255 g/mol. The number of hydrogen-bond donors (Lipinski definition) is 1. The predicted octanol–water partition coefficient (Wildman–Crippen LogP) is 2.99. The minimum Gasteiger partial charge on any atom is -0.396 e. The van der Waals surface area contributed by atoms with Gasteiger partial charge in [0.1, 0.15) is 5.82 Å². The lowest BCUT2D eigenvalue weighted by Gasteiger charge is -2.30. The molecule has 0 spiro atoms. The van der Waals surface area contributed by atoms with Gasteiger partial charge in [-0.05, 0) is 23.6 Å². The van der Waals surface area contributed by atoms with Crippen molar-refractivity contribution in [1.29, 1.82) is 0 Å². The van der Waals surface area contributed by atoms with E-state index in [1.807, 2.05) is 0 Å². The van der Waals surface area contributed by atoms with Gasteiger partial charge < -0.3 is 10.6 Å². The van der Waals surface area contributed by atoms with Crippen LogP contribution in [0, 0.1) is 5.82 Å². The van der Waals surface area contributed by atoms with Crippen molar-refractivity contribution in [2.24, 2.45) is 0 Å². The topological polar surface area (TPSA) is 46.3 Å². The van der Waals surface area contributed by atoms with Crippen LogP contribution >= 0.6 is 0 Å². The van der Waals surface area contributed by atoms with E-state index in [4.69, 9.17) is 5.73 Å². The van der Waals surface area contributed by atoms with Gasteiger partial charge in [0.05, 0.1) is 17.9 Å². The maximum absolute atomic E-state index is 13.6. The predicted molar refractivity (Wildman–Crippen MR) is 80.0 cm³/mol. The first-order valence-corrected chi connectivity index (χ1v) is 6.38. The molecule has 0 aliphatic carbocycles. The number of hydrogen-bond acceptors (Lipinski definition) is 2. The summed E-state index contributed by atoms with van der Waals surface area (Å²) in [5.74, 6) is -0.537. The molecule has 3 nitrogen and oxygen atoms in total. The molecule has 0 fully saturated rings. The van der Waals surface area contributed by atoms with Gasteiger partial charge in [0.25, 0.3) is 0 Å². The van der Waals surface area contributed by atoms with Gasteiger partial charge in [0.2, 0.25) is 5.91 Å². The first-order valence-electron chi connectivity index (χ1n) is 6.38. The van der Waals surface area contributed by atoms with Gasteiger partial charge in [-0.3, -0.25) is 4.79 Å². The highest BCUT2D eigenvalue weighted by Gasteiger charge is 2.25. The van der Waals surface area contributed by atoms with Crippen LogP contribution in [0.1, 0.15) is 12.0 Å². The largest absolute Gasteiger partial charge is 0.396 e. The molecule has 0 unspecified atom stereocenters. The van der Waals surface area contributed by atoms with Gasteiger partial charge in [-0.25, -0.2) is 4.39 Å². The van der Waals surface area contributed by atoms with Crippen molar-refractivity contribution < 1.29 is 9.18 Å². The molecule has 1 heterocycles. The Balaban J connectivity index is 2.32. The van der Waals surface area contributed by atoms with Gasteiger partial charge in [-0.15, -0.1) is 0 Å². The van der Waals surface area contributed by atoms with E-state index >= 15 is 0 Å². The first-order chi connectivity index (χ1) is 9.52. The Bertz CT molecular complexity index is 605. The minimum absolute atomic E-state index is 0.0326. The highest BCUT2D eigenvalue weighted by atomic mass is 19.1. The monoisotopic (exact) mass is 272 g/mol. The molecule has 0 aromatic heterocycles. The number of amides is 1. The molecule has 0 radical (unpaired) electrons. The number of nitrogens with zero attached hydrogens (tertiary/aromatic N) is 1. The van der Waals surface area contributed by atoms with Crippen molar-refractivity contribution in [3.05, 3.63) is 60.5 Å². The lowest BCUT2D eigenvalue weighted by Crippen LogP contribution is -2.36. The Hall–Kier alpha value is -2.36. The third-order valence-electron chi connectivity index (χ3n) is 3.23. The van der Waals surface area contributed by atoms with Crippen LogP contribution in [-0.2, 0) is 11.2 Å². The molecule has 2 N–H and O–H groups in total. The normalized spacial score (nSPS) is 14.4. The average molecular weight is 272 g/mol. The Morgan fingerprint density at radius 3 is 2.90 bits per heavy atom. The first kappa shape index (κ1) is 14.1. The summed E-state index contributed by atoms with van der Waals surface area (Å²) >= 11 is 0. The summed E-state index contributed by atoms with van der Waals surface area (Å²) < 4.78 is 13.6. The van der Waals surface area contributed by atoms with Crippen LogP contribution in [0.5, 0.6) is 0 Å². The number of aryl methyl sites for hydroxylation is 1. The van der Waals surface area contributed by atoms with Gasteiger partial charge in [0.15, 0.2) is 0 Å². The fourth-order valence-corrected chi connectivity index (χ4v) is 2.22. The summed E-state index contributed by atoms with van der Waals surface area (Å²) in [5.41, 5.74) is 7.92. The van der Waals surface area contributed by atoms with E-state index < -0.39 is 5.82 Å². The Morgan fingerprint density at radius 2 is 2.20 bits per heavy atom. The van der Waals surface area contributed by atoms with E-state index in [0.717, 1.165) is 11.1 Å². The molecule has 20 heavy (non-hydrogen) atoms. The van der Waals surface area contributed by atoms with Crippen molar-refractivity contribution in [2.75, 3.05) is 17.2 Å². The molecule has 4 heteroatoms. The fourth-order valence-electron chi connectivity index (χ4n) is 2.22. The number of carbonyl (C=O) groups excluding carboxylic acids is 1. The number of anilines is 2. The number of allylic oxidation sites excluding steroid dienone is 2. The summed E-state index contributed by atoms with van der Waals surface area (Å²) in [6.07, 6.45) is 6.15. The molecule has 2 rings (SSSR count). The molecule has 104 valence electrons. The number of fused-ring (bicyclic) bond motifs is 1. The Morgan fingerprint density at radius 1 is 1.45 bits per heavy atom. The molecule has 0 saturated carbocycles. The number of benzene rings is 1. The van der Waals surface area contributed by atoms with Crippen LogP contribution < -0.4 is 10.6 Å². The zero-order valence-corrected chi connectivity index (χ0v) is 11.2. The quantitative estimate of drug-likeness (QED) is 0.676. The summed E-state index contributed by atoms with van der Waals surface area (Å²) in [6.45, 7) is 7.80. The zero-order chi connectivity index (χ0) is 14.7. The van der Waals surface area contributed by atoms with E-state index in [2.05, 4.69) is 13.2 Å². The van der Waals surface area contributed by atoms with E-state index in [-0.39, 0.29) is 11.6 Å². The standard InChI is InChI=1S/C16H17FN2O/c1-3-4-5-11(2)10-19-15-9-13(17)14(18)8-12(15)6-7-16(19)20/h3-5,8-9H,1-2,6-7,10,18H2/b5-4-. The number of nitrogens with two attached hydrogens (primary N) is 1. The molecule has 1 aromatic rings. The second-order valence-corrected chi connectivity index (χ2v) is 4.74. The van der Waals surface area contributed by atoms with Crippen LogP contribution in [0.25, 0.3) is 0 Å². The van der Waals surface area contributed by atoms with Crippen LogP contribution in [0.3, 0.4) is 0 Å². The van der Waals surface area contributed by atoms with Crippen LogP contribution in [0.4, 0.5) is 15.8 Å². The van der Waals surface area contributed by atoms with Gasteiger partial charge >= 0.3 is 0 Å². The SMILES string of the molecule is C=C/C=C\C(=C)CN1C(=O)CCc2cc(N)c(F)cc21. The number of carbonyl (C=O) groups is 1. The third-order valence-corrected chi connectivity index (χ3v) is 3.23. The number of halogens is 1. The van der Waals surface area contributed by atoms with Crippen LogP contribution in [0.2, 0.25) is 0 Å². The summed E-state index contributed by atoms with van der Waals surface area (Å²) in [4.78, 5) is 13.6. The number of nitrogen functional groups attached to an aromatic ring is 1. The van der Waals surface area contributed by atoms with Crippen LogP contribution in [-0.4, -0.2) is 12.5 Å². The van der Waals surface area contributed by atoms with Gasteiger partial charge in [-0.2, -0.15) is 0 Å². The molecule has 1 aliphatic heterocycles. The maximum atomic E-state index is 13.6. The molecule has 0 bridgehead atoms. The highest BCUT2D eigenvalue weighted by Crippen LogP contribution is 2.31. The second-order valence-electron chi connectivity index (χ2n) is 4.74. The minimum atomic E-state index is -0.504. The van der Waals surface area contributed by atoms with Gasteiger partial charge in [-0.1, -0.05) is 31.4 Å². The van der Waals surface area contributed by atoms with E-state index in [1.165, 1.54) is 6.07 Å². The Labute approximate surface area is 117 Å². The van der Waals surface area contributed by atoms with Crippen molar-refractivity contribution in [3.8, 4) is 0 Å². The maximum Gasteiger partial charge on any atom is 0.227 e. The van der Waals surface area contributed by atoms with Crippen molar-refractivity contribution in [2.45, 2.75) is 12.8 Å². The zero-order valence-electron chi connectivity index (χ0n) is 11.2. The average Bonchev–Trinajstić information content (AvgIpc) is 2.42. The molecule has 0 atom stereocenters. The van der Waals surface area contributed by atoms with Gasteiger partial charge in [0, 0.05) is 12.5 Å². The van der Waals surface area contributed by atoms with E-state index in [9.17, 15) is 9.18 Å². The summed E-state index contributed by atoms with van der Waals surface area (Å²) in [7, 11) is 0. The molecule has 1 aliphatic rings. The highest BCUT2D eigenvalue weighted by molar-refractivity contribution is 5.97. The molecule has 1 aromatic carbocycles. The van der Waals surface area contributed by atoms with Crippen molar-refractivity contribution in [1.82, 2.24) is 0 Å². The van der Waals surface area contributed by atoms with Crippen molar-refractivity contribution >= 4 is 17.3 Å². The summed E-state index contributed by atoms with van der Waals surface area (Å²) in [5, 5.41) is 0. The van der Waals surface area contributed by atoms with E-state index in [1.54, 1.807) is 29.2 Å².